The lowest BCUT2D eigenvalue weighted by atomic mass is 9.98. The van der Waals surface area contributed by atoms with E-state index in [1.807, 2.05) is 38.1 Å². The number of anilines is 2. The Morgan fingerprint density at radius 3 is 2.52 bits per heavy atom. The minimum atomic E-state index is -0.704. The number of amides is 4. The average molecular weight is 390 g/mol. The third kappa shape index (κ3) is 3.24. The van der Waals surface area contributed by atoms with E-state index >= 15 is 0 Å². The Labute approximate surface area is 169 Å². The number of urea groups is 1. The first kappa shape index (κ1) is 18.7. The van der Waals surface area contributed by atoms with Crippen LogP contribution in [0.2, 0.25) is 0 Å². The molecule has 2 aromatic rings. The molecule has 2 unspecified atom stereocenters. The minimum Gasteiger partial charge on any atom is -0.366 e. The van der Waals surface area contributed by atoms with Gasteiger partial charge >= 0.3 is 6.03 Å². The number of nitrogens with one attached hydrogen (secondary N) is 2. The summed E-state index contributed by atoms with van der Waals surface area (Å²) in [6, 6.07) is 12.6. The fourth-order valence-corrected chi connectivity index (χ4v) is 3.78. The number of para-hydroxylation sites is 1. The van der Waals surface area contributed by atoms with Crippen molar-refractivity contribution < 1.29 is 14.4 Å². The van der Waals surface area contributed by atoms with E-state index in [4.69, 9.17) is 0 Å². The molecule has 2 atom stereocenters. The zero-order chi connectivity index (χ0) is 20.7. The molecule has 2 aromatic carbocycles. The van der Waals surface area contributed by atoms with Crippen LogP contribution in [0.25, 0.3) is 0 Å². The predicted molar refractivity (Wildman–Crippen MR) is 110 cm³/mol. The van der Waals surface area contributed by atoms with Gasteiger partial charge in [-0.25, -0.2) is 9.69 Å². The fraction of sp³-hybridized carbons (Fsp3) is 0.227. The number of rotatable bonds is 3. The van der Waals surface area contributed by atoms with E-state index in [1.165, 1.54) is 0 Å². The van der Waals surface area contributed by atoms with Crippen LogP contribution in [0, 0.1) is 13.8 Å². The highest BCUT2D eigenvalue weighted by Crippen LogP contribution is 2.30. The molecular weight excluding hydrogens is 368 g/mol. The Kier molecular flexibility index (Phi) is 4.58. The zero-order valence-electron chi connectivity index (χ0n) is 16.5. The molecule has 1 fully saturated rings. The van der Waals surface area contributed by atoms with Gasteiger partial charge in [0.2, 0.25) is 0 Å². The maximum Gasteiger partial charge on any atom is 0.329 e. The number of hydrogen-bond donors (Lipinski definition) is 2. The van der Waals surface area contributed by atoms with Gasteiger partial charge in [0.15, 0.2) is 0 Å². The summed E-state index contributed by atoms with van der Waals surface area (Å²) < 4.78 is 0. The van der Waals surface area contributed by atoms with E-state index in [9.17, 15) is 14.4 Å². The van der Waals surface area contributed by atoms with Crippen LogP contribution in [0.4, 0.5) is 16.2 Å². The quantitative estimate of drug-likeness (QED) is 0.844. The van der Waals surface area contributed by atoms with Crippen LogP contribution in [-0.4, -0.2) is 41.9 Å². The van der Waals surface area contributed by atoms with Crippen molar-refractivity contribution in [2.45, 2.75) is 25.9 Å². The summed E-state index contributed by atoms with van der Waals surface area (Å²) in [4.78, 5) is 41.6. The second kappa shape index (κ2) is 7.09. The smallest absolute Gasteiger partial charge is 0.329 e. The third-order valence-corrected chi connectivity index (χ3v) is 5.31. The molecule has 4 amide bonds. The van der Waals surface area contributed by atoms with Crippen molar-refractivity contribution in [2.75, 3.05) is 17.3 Å². The molecule has 0 saturated carbocycles. The van der Waals surface area contributed by atoms with E-state index in [1.54, 1.807) is 42.4 Å². The topological polar surface area (TPSA) is 81.8 Å². The molecular formula is C22H22N4O3. The maximum absolute atomic E-state index is 13.1. The molecule has 0 radical (unpaired) electrons. The first-order chi connectivity index (χ1) is 13.9. The van der Waals surface area contributed by atoms with Crippen molar-refractivity contribution in [1.29, 1.82) is 0 Å². The van der Waals surface area contributed by atoms with Crippen LogP contribution in [0.5, 0.6) is 0 Å². The van der Waals surface area contributed by atoms with E-state index in [0.29, 0.717) is 16.9 Å². The molecule has 2 heterocycles. The highest BCUT2D eigenvalue weighted by Gasteiger charge is 2.49. The number of carbonyl (C=O) groups is 3. The summed E-state index contributed by atoms with van der Waals surface area (Å²) in [6.07, 6.45) is 1.63. The molecule has 2 aliphatic rings. The van der Waals surface area contributed by atoms with Gasteiger partial charge < -0.3 is 15.5 Å². The lowest BCUT2D eigenvalue weighted by Gasteiger charge is -2.37. The van der Waals surface area contributed by atoms with Gasteiger partial charge in [-0.1, -0.05) is 30.3 Å². The molecule has 4 rings (SSSR count). The Morgan fingerprint density at radius 2 is 1.79 bits per heavy atom. The summed E-state index contributed by atoms with van der Waals surface area (Å²) in [5.74, 6) is -0.697. The van der Waals surface area contributed by atoms with E-state index in [-0.39, 0.29) is 11.8 Å². The Bertz CT molecular complexity index is 1030. The molecule has 29 heavy (non-hydrogen) atoms. The highest BCUT2D eigenvalue weighted by atomic mass is 16.2. The van der Waals surface area contributed by atoms with Crippen molar-refractivity contribution in [2.24, 2.45) is 0 Å². The van der Waals surface area contributed by atoms with Gasteiger partial charge in [0.1, 0.15) is 6.04 Å². The molecule has 0 spiro atoms. The van der Waals surface area contributed by atoms with Crippen molar-refractivity contribution in [1.82, 2.24) is 10.2 Å². The molecule has 0 aliphatic carbocycles. The van der Waals surface area contributed by atoms with Crippen LogP contribution in [0.1, 0.15) is 11.1 Å². The molecule has 0 bridgehead atoms. The van der Waals surface area contributed by atoms with Crippen molar-refractivity contribution in [3.63, 3.8) is 0 Å². The van der Waals surface area contributed by atoms with Gasteiger partial charge in [-0.3, -0.25) is 9.59 Å². The number of nitrogens with zero attached hydrogens (tertiary/aromatic N) is 2. The van der Waals surface area contributed by atoms with Crippen molar-refractivity contribution >= 4 is 29.2 Å². The van der Waals surface area contributed by atoms with Crippen LogP contribution in [-0.2, 0) is 9.59 Å². The van der Waals surface area contributed by atoms with Gasteiger partial charge in [-0.15, -0.1) is 0 Å². The summed E-state index contributed by atoms with van der Waals surface area (Å²) in [6.45, 7) is 3.86. The number of hydrogen-bond acceptors (Lipinski definition) is 4. The number of likely N-dealkylation sites (N-methyl/N-ethyl adjacent to an activating group) is 1. The number of fused-ring (bicyclic) bond motifs is 1. The second-order valence-corrected chi connectivity index (χ2v) is 7.40. The lowest BCUT2D eigenvalue weighted by molar-refractivity contribution is -0.122. The van der Waals surface area contributed by atoms with Crippen molar-refractivity contribution in [3.8, 4) is 0 Å². The van der Waals surface area contributed by atoms with Gasteiger partial charge in [-0.2, -0.15) is 0 Å². The number of benzene rings is 2. The first-order valence-electron chi connectivity index (χ1n) is 9.38. The summed E-state index contributed by atoms with van der Waals surface area (Å²) in [5.41, 5.74) is 3.52. The summed E-state index contributed by atoms with van der Waals surface area (Å²) in [5, 5.41) is 5.73. The maximum atomic E-state index is 13.1. The van der Waals surface area contributed by atoms with Crippen LogP contribution >= 0.6 is 0 Å². The van der Waals surface area contributed by atoms with Gasteiger partial charge in [0, 0.05) is 18.9 Å². The first-order valence-corrected chi connectivity index (χ1v) is 9.38. The van der Waals surface area contributed by atoms with Gasteiger partial charge in [0.25, 0.3) is 11.8 Å². The van der Waals surface area contributed by atoms with E-state index in [2.05, 4.69) is 10.6 Å². The molecule has 0 aromatic heterocycles. The Morgan fingerprint density at radius 1 is 1.07 bits per heavy atom. The monoisotopic (exact) mass is 390 g/mol. The molecule has 148 valence electrons. The largest absolute Gasteiger partial charge is 0.366 e. The van der Waals surface area contributed by atoms with Crippen molar-refractivity contribution in [3.05, 3.63) is 71.4 Å². The molecule has 7 heteroatoms. The van der Waals surface area contributed by atoms with Crippen LogP contribution < -0.4 is 15.5 Å². The Hall–Kier alpha value is -3.61. The fourth-order valence-electron chi connectivity index (χ4n) is 3.78. The minimum absolute atomic E-state index is 0.334. The molecule has 2 aliphatic heterocycles. The predicted octanol–water partition coefficient (Wildman–Crippen LogP) is 2.56. The molecule has 2 N–H and O–H groups in total. The molecule has 7 nitrogen and oxygen atoms in total. The van der Waals surface area contributed by atoms with Gasteiger partial charge in [0.05, 0.1) is 17.3 Å². The lowest BCUT2D eigenvalue weighted by Crippen LogP contribution is -2.65. The van der Waals surface area contributed by atoms with Crippen LogP contribution in [0.3, 0.4) is 0 Å². The highest BCUT2D eigenvalue weighted by molar-refractivity contribution is 6.20. The van der Waals surface area contributed by atoms with E-state index in [0.717, 1.165) is 16.0 Å². The average Bonchev–Trinajstić information content (AvgIpc) is 3.02. The van der Waals surface area contributed by atoms with Crippen LogP contribution in [0.15, 0.2) is 60.3 Å². The SMILES string of the molecule is Cc1ccc(C)c(NC(=O)C2=CN(C)C3C(=O)N(c4ccccc4)C(=O)NC23)c1. The summed E-state index contributed by atoms with van der Waals surface area (Å²) >= 11 is 0. The number of imide groups is 1. The van der Waals surface area contributed by atoms with E-state index < -0.39 is 18.1 Å². The normalized spacial score (nSPS) is 20.9. The third-order valence-electron chi connectivity index (χ3n) is 5.31. The second-order valence-electron chi connectivity index (χ2n) is 7.40. The number of carbonyl (C=O) groups excluding carboxylic acids is 3. The standard InChI is InChI=1S/C22H22N4O3/c1-13-9-10-14(2)17(11-13)23-20(27)16-12-25(3)19-18(16)24-22(29)26(21(19)28)15-7-5-4-6-8-15/h4-12,18-19H,1-3H3,(H,23,27)(H,24,29). The van der Waals surface area contributed by atoms with Gasteiger partial charge in [-0.05, 0) is 43.2 Å². The summed E-state index contributed by atoms with van der Waals surface area (Å²) in [7, 11) is 1.73. The number of aryl methyl sites for hydroxylation is 2. The Balaban J connectivity index is 1.59. The zero-order valence-corrected chi connectivity index (χ0v) is 16.5. The molecule has 1 saturated heterocycles.